The summed E-state index contributed by atoms with van der Waals surface area (Å²) in [6.07, 6.45) is 1.73. The van der Waals surface area contributed by atoms with Crippen molar-refractivity contribution in [1.29, 1.82) is 10.5 Å². The molecule has 0 fully saturated rings. The largest absolute Gasteiger partial charge is 0.277 e. The minimum atomic E-state index is -0.212. The Kier molecular flexibility index (Phi) is 3.56. The Hall–Kier alpha value is -3.12. The third-order valence-corrected chi connectivity index (χ3v) is 2.51. The molecule has 19 heavy (non-hydrogen) atoms. The van der Waals surface area contributed by atoms with Gasteiger partial charge in [0, 0.05) is 13.2 Å². The van der Waals surface area contributed by atoms with Gasteiger partial charge in [0.05, 0.1) is 11.4 Å². The van der Waals surface area contributed by atoms with Crippen LogP contribution in [0.15, 0.2) is 41.6 Å². The van der Waals surface area contributed by atoms with Crippen molar-refractivity contribution in [3.63, 3.8) is 0 Å². The Morgan fingerprint density at radius 1 is 1.21 bits per heavy atom. The lowest BCUT2D eigenvalue weighted by atomic mass is 10.1. The van der Waals surface area contributed by atoms with Crippen molar-refractivity contribution in [2.24, 2.45) is 12.1 Å². The lowest BCUT2D eigenvalue weighted by Crippen LogP contribution is -1.96. The molecule has 0 radical (unpaired) electrons. The van der Waals surface area contributed by atoms with Crippen molar-refractivity contribution in [2.75, 3.05) is 5.43 Å². The normalized spacial score (nSPS) is 9.21. The quantitative estimate of drug-likeness (QED) is 0.665. The van der Waals surface area contributed by atoms with Crippen LogP contribution in [0.1, 0.15) is 0 Å². The van der Waals surface area contributed by atoms with E-state index in [9.17, 15) is 0 Å². The van der Waals surface area contributed by atoms with Crippen molar-refractivity contribution >= 4 is 11.4 Å². The van der Waals surface area contributed by atoms with Crippen LogP contribution in [0, 0.1) is 22.7 Å². The van der Waals surface area contributed by atoms with E-state index in [0.29, 0.717) is 5.69 Å². The van der Waals surface area contributed by atoms with Crippen LogP contribution < -0.4 is 5.43 Å². The molecule has 0 unspecified atom stereocenters. The summed E-state index contributed by atoms with van der Waals surface area (Å²) in [4.78, 5) is 0. The van der Waals surface area contributed by atoms with E-state index in [1.165, 1.54) is 0 Å². The molecule has 2 rings (SSSR count). The number of benzene rings is 1. The van der Waals surface area contributed by atoms with E-state index in [0.717, 1.165) is 11.3 Å². The number of nitrogens with one attached hydrogen (secondary N) is 1. The minimum Gasteiger partial charge on any atom is -0.277 e. The fourth-order valence-corrected chi connectivity index (χ4v) is 1.57. The van der Waals surface area contributed by atoms with Gasteiger partial charge in [-0.2, -0.15) is 20.7 Å². The predicted molar refractivity (Wildman–Crippen MR) is 70.9 cm³/mol. The van der Waals surface area contributed by atoms with Gasteiger partial charge in [-0.1, -0.05) is 12.1 Å². The van der Waals surface area contributed by atoms with Gasteiger partial charge in [-0.25, -0.2) is 0 Å². The van der Waals surface area contributed by atoms with E-state index in [-0.39, 0.29) is 5.71 Å². The zero-order chi connectivity index (χ0) is 13.7. The summed E-state index contributed by atoms with van der Waals surface area (Å²) >= 11 is 0. The maximum Gasteiger partial charge on any atom is 0.237 e. The molecule has 0 saturated carbocycles. The summed E-state index contributed by atoms with van der Waals surface area (Å²) < 4.78 is 1.78. The second-order valence-electron chi connectivity index (χ2n) is 3.71. The Morgan fingerprint density at radius 3 is 2.42 bits per heavy atom. The molecule has 0 aliphatic carbocycles. The van der Waals surface area contributed by atoms with Crippen LogP contribution in [-0.2, 0) is 7.05 Å². The first kappa shape index (κ1) is 12.3. The first-order valence-electron chi connectivity index (χ1n) is 5.47. The average Bonchev–Trinajstić information content (AvgIpc) is 2.87. The molecule has 2 aromatic rings. The van der Waals surface area contributed by atoms with Gasteiger partial charge in [0.25, 0.3) is 0 Å². The molecule has 0 bridgehead atoms. The second-order valence-corrected chi connectivity index (χ2v) is 3.71. The van der Waals surface area contributed by atoms with Gasteiger partial charge in [0.2, 0.25) is 5.71 Å². The van der Waals surface area contributed by atoms with Crippen molar-refractivity contribution in [1.82, 2.24) is 9.78 Å². The molecule has 0 atom stereocenters. The molecule has 92 valence electrons. The van der Waals surface area contributed by atoms with Gasteiger partial charge >= 0.3 is 0 Å². The predicted octanol–water partition coefficient (Wildman–Crippen LogP) is 1.90. The minimum absolute atomic E-state index is 0.212. The van der Waals surface area contributed by atoms with Gasteiger partial charge in [-0.15, -0.1) is 0 Å². The zero-order valence-corrected chi connectivity index (χ0v) is 10.2. The fourth-order valence-electron chi connectivity index (χ4n) is 1.57. The number of aryl methyl sites for hydroxylation is 1. The third kappa shape index (κ3) is 2.76. The van der Waals surface area contributed by atoms with Crippen LogP contribution in [-0.4, -0.2) is 15.5 Å². The van der Waals surface area contributed by atoms with E-state index in [1.807, 2.05) is 37.4 Å². The Morgan fingerprint density at radius 2 is 1.89 bits per heavy atom. The fraction of sp³-hybridized carbons (Fsp3) is 0.0769. The van der Waals surface area contributed by atoms with E-state index in [1.54, 1.807) is 23.0 Å². The first-order chi connectivity index (χ1) is 9.24. The Balaban J connectivity index is 2.17. The molecule has 1 N–H and O–H groups in total. The summed E-state index contributed by atoms with van der Waals surface area (Å²) in [5.41, 5.74) is 5.17. The number of aromatic nitrogens is 2. The molecule has 1 aromatic heterocycles. The number of nitrogens with zero attached hydrogens (tertiary/aromatic N) is 5. The average molecular weight is 250 g/mol. The lowest BCUT2D eigenvalue weighted by Gasteiger charge is -2.04. The molecule has 0 aliphatic heterocycles. The molecule has 0 spiro atoms. The molecular weight excluding hydrogens is 240 g/mol. The highest BCUT2D eigenvalue weighted by molar-refractivity contribution is 6.10. The monoisotopic (exact) mass is 250 g/mol. The smallest absolute Gasteiger partial charge is 0.237 e. The molecule has 6 heteroatoms. The van der Waals surface area contributed by atoms with Crippen LogP contribution in [0.3, 0.4) is 0 Å². The SMILES string of the molecule is Cn1nccc1-c1ccc(NN=C(C#N)C#N)cc1. The Bertz CT molecular complexity index is 665. The van der Waals surface area contributed by atoms with Crippen LogP contribution in [0.5, 0.6) is 0 Å². The van der Waals surface area contributed by atoms with Crippen LogP contribution in [0.4, 0.5) is 5.69 Å². The standard InChI is InChI=1S/C13H10N6/c1-19-13(6-7-16-19)10-2-4-11(5-3-10)17-18-12(8-14)9-15/h2-7,17H,1H3. The van der Waals surface area contributed by atoms with Gasteiger partial charge in [0.1, 0.15) is 12.1 Å². The molecule has 0 saturated heterocycles. The van der Waals surface area contributed by atoms with E-state index in [2.05, 4.69) is 15.6 Å². The summed E-state index contributed by atoms with van der Waals surface area (Å²) in [7, 11) is 1.87. The molecular formula is C13H10N6. The number of rotatable bonds is 3. The van der Waals surface area contributed by atoms with Crippen LogP contribution >= 0.6 is 0 Å². The zero-order valence-electron chi connectivity index (χ0n) is 10.2. The van der Waals surface area contributed by atoms with Gasteiger partial charge < -0.3 is 0 Å². The molecule has 0 amide bonds. The number of hydrogen-bond donors (Lipinski definition) is 1. The summed E-state index contributed by atoms with van der Waals surface area (Å²) in [5, 5.41) is 24.9. The Labute approximate surface area is 110 Å². The highest BCUT2D eigenvalue weighted by atomic mass is 15.3. The van der Waals surface area contributed by atoms with E-state index in [4.69, 9.17) is 10.5 Å². The number of nitriles is 2. The summed E-state index contributed by atoms with van der Waals surface area (Å²) in [6.45, 7) is 0. The summed E-state index contributed by atoms with van der Waals surface area (Å²) in [5.74, 6) is 0. The first-order valence-corrected chi connectivity index (χ1v) is 5.47. The molecule has 0 aliphatic rings. The van der Waals surface area contributed by atoms with Crippen molar-refractivity contribution in [2.45, 2.75) is 0 Å². The number of anilines is 1. The van der Waals surface area contributed by atoms with Crippen LogP contribution in [0.25, 0.3) is 11.3 Å². The molecule has 1 heterocycles. The van der Waals surface area contributed by atoms with Gasteiger partial charge in [0.15, 0.2) is 0 Å². The lowest BCUT2D eigenvalue weighted by molar-refractivity contribution is 0.776. The highest BCUT2D eigenvalue weighted by Crippen LogP contribution is 2.20. The van der Waals surface area contributed by atoms with E-state index >= 15 is 0 Å². The van der Waals surface area contributed by atoms with E-state index < -0.39 is 0 Å². The number of hydrazone groups is 1. The number of hydrogen-bond acceptors (Lipinski definition) is 5. The molecule has 1 aromatic carbocycles. The van der Waals surface area contributed by atoms with Crippen molar-refractivity contribution in [3.05, 3.63) is 36.5 Å². The van der Waals surface area contributed by atoms with Gasteiger partial charge in [-0.3, -0.25) is 10.1 Å². The van der Waals surface area contributed by atoms with Crippen LogP contribution in [0.2, 0.25) is 0 Å². The van der Waals surface area contributed by atoms with Crippen molar-refractivity contribution < 1.29 is 0 Å². The summed E-state index contributed by atoms with van der Waals surface area (Å²) in [6, 6.07) is 12.7. The topological polar surface area (TPSA) is 89.8 Å². The maximum absolute atomic E-state index is 8.55. The second kappa shape index (κ2) is 5.48. The van der Waals surface area contributed by atoms with Crippen molar-refractivity contribution in [3.8, 4) is 23.4 Å². The molecule has 6 nitrogen and oxygen atoms in total. The third-order valence-electron chi connectivity index (χ3n) is 2.51. The highest BCUT2D eigenvalue weighted by Gasteiger charge is 2.02. The van der Waals surface area contributed by atoms with Gasteiger partial charge in [-0.05, 0) is 23.8 Å². The maximum atomic E-state index is 8.55.